The van der Waals surface area contributed by atoms with Crippen molar-refractivity contribution in [3.63, 3.8) is 0 Å². The van der Waals surface area contributed by atoms with Crippen LogP contribution in [0.1, 0.15) is 33.2 Å². The van der Waals surface area contributed by atoms with Crippen LogP contribution in [0.5, 0.6) is 17.2 Å². The van der Waals surface area contributed by atoms with E-state index in [2.05, 4.69) is 0 Å². The smallest absolute Gasteiger partial charge is 0.266 e. The molecule has 4 rings (SSSR count). The summed E-state index contributed by atoms with van der Waals surface area (Å²) in [6, 6.07) is 19.6. The lowest BCUT2D eigenvalue weighted by Crippen LogP contribution is -2.30. The summed E-state index contributed by atoms with van der Waals surface area (Å²) in [5.41, 5.74) is 2.29. The van der Waals surface area contributed by atoms with Crippen LogP contribution in [0, 0.1) is 0 Å². The van der Waals surface area contributed by atoms with Crippen molar-refractivity contribution in [3.05, 3.63) is 83.4 Å². The van der Waals surface area contributed by atoms with Crippen molar-refractivity contribution in [1.29, 1.82) is 0 Å². The van der Waals surface area contributed by atoms with E-state index in [0.717, 1.165) is 12.0 Å². The highest BCUT2D eigenvalue weighted by Gasteiger charge is 2.37. The molecule has 0 unspecified atom stereocenters. The number of aryl methyl sites for hydroxylation is 1. The Bertz CT molecular complexity index is 1070. The summed E-state index contributed by atoms with van der Waals surface area (Å²) in [6.07, 6.45) is 0.728. The van der Waals surface area contributed by atoms with Gasteiger partial charge in [0.15, 0.2) is 11.5 Å². The number of fused-ring (bicyclic) bond motifs is 1. The molecule has 1 heterocycles. The molecule has 28 heavy (non-hydrogen) atoms. The van der Waals surface area contributed by atoms with Crippen LogP contribution < -0.4 is 14.4 Å². The molecule has 0 aromatic heterocycles. The fraction of sp³-hybridized carbons (Fsp3) is 0.130. The number of benzene rings is 3. The molecule has 0 radical (unpaired) electrons. The third-order valence-electron chi connectivity index (χ3n) is 4.77. The van der Waals surface area contributed by atoms with Crippen LogP contribution >= 0.6 is 0 Å². The Kier molecular flexibility index (Phi) is 4.57. The maximum atomic E-state index is 13.0. The number of anilines is 1. The lowest BCUT2D eigenvalue weighted by atomic mass is 10.1. The van der Waals surface area contributed by atoms with Gasteiger partial charge in [0.25, 0.3) is 11.8 Å². The van der Waals surface area contributed by atoms with Crippen LogP contribution in [0.25, 0.3) is 0 Å². The van der Waals surface area contributed by atoms with Crippen LogP contribution in [-0.2, 0) is 6.42 Å². The summed E-state index contributed by atoms with van der Waals surface area (Å²) >= 11 is 0. The maximum Gasteiger partial charge on any atom is 0.266 e. The molecule has 140 valence electrons. The molecular formula is C23H19NO4. The number of carbonyl (C=O) groups excluding carboxylic acids is 2. The Morgan fingerprint density at radius 2 is 1.50 bits per heavy atom. The first-order valence-electron chi connectivity index (χ1n) is 9.05. The van der Waals surface area contributed by atoms with Crippen molar-refractivity contribution in [2.24, 2.45) is 0 Å². The highest BCUT2D eigenvalue weighted by atomic mass is 16.5. The van der Waals surface area contributed by atoms with Gasteiger partial charge in [-0.15, -0.1) is 0 Å². The molecule has 2 amide bonds. The van der Waals surface area contributed by atoms with E-state index in [1.807, 2.05) is 37.3 Å². The number of carbonyl (C=O) groups is 2. The normalized spacial score (nSPS) is 12.9. The van der Waals surface area contributed by atoms with Crippen LogP contribution in [0.15, 0.2) is 66.7 Å². The number of hydrogen-bond acceptors (Lipinski definition) is 4. The summed E-state index contributed by atoms with van der Waals surface area (Å²) in [5, 5.41) is 0. The minimum Gasteiger partial charge on any atom is -0.493 e. The second-order valence-electron chi connectivity index (χ2n) is 6.39. The van der Waals surface area contributed by atoms with Gasteiger partial charge in [-0.05, 0) is 48.4 Å². The van der Waals surface area contributed by atoms with Crippen molar-refractivity contribution in [1.82, 2.24) is 0 Å². The lowest BCUT2D eigenvalue weighted by Gasteiger charge is -2.17. The minimum atomic E-state index is -0.341. The van der Waals surface area contributed by atoms with E-state index in [-0.39, 0.29) is 11.8 Å². The zero-order valence-corrected chi connectivity index (χ0v) is 15.6. The Morgan fingerprint density at radius 3 is 2.25 bits per heavy atom. The Labute approximate surface area is 163 Å². The van der Waals surface area contributed by atoms with E-state index in [0.29, 0.717) is 34.1 Å². The van der Waals surface area contributed by atoms with Crippen molar-refractivity contribution in [3.8, 4) is 17.2 Å². The highest BCUT2D eigenvalue weighted by Crippen LogP contribution is 2.35. The van der Waals surface area contributed by atoms with E-state index in [1.54, 1.807) is 43.5 Å². The number of amides is 2. The summed E-state index contributed by atoms with van der Waals surface area (Å²) in [4.78, 5) is 27.2. The van der Waals surface area contributed by atoms with Gasteiger partial charge in [-0.3, -0.25) is 9.59 Å². The maximum absolute atomic E-state index is 13.0. The third kappa shape index (κ3) is 2.91. The Morgan fingerprint density at radius 1 is 0.821 bits per heavy atom. The summed E-state index contributed by atoms with van der Waals surface area (Å²) in [7, 11) is 1.57. The number of imide groups is 1. The summed E-state index contributed by atoms with van der Waals surface area (Å²) in [5.74, 6) is 0.935. The predicted octanol–water partition coefficient (Wildman–Crippen LogP) is 4.85. The molecule has 3 aromatic rings. The lowest BCUT2D eigenvalue weighted by molar-refractivity contribution is 0.0926. The van der Waals surface area contributed by atoms with Crippen molar-refractivity contribution >= 4 is 17.5 Å². The number of methoxy groups -OCH3 is 1. The van der Waals surface area contributed by atoms with Gasteiger partial charge in [-0.25, -0.2) is 4.90 Å². The quantitative estimate of drug-likeness (QED) is 0.600. The average Bonchev–Trinajstić information content (AvgIpc) is 2.98. The SMILES string of the molecule is CCc1ccccc1N1C(=O)c2ccc(Oc3ccccc3OC)cc2C1=O. The van der Waals surface area contributed by atoms with Crippen LogP contribution in [0.4, 0.5) is 5.69 Å². The van der Waals surface area contributed by atoms with Gasteiger partial charge in [0.2, 0.25) is 0 Å². The molecule has 5 heteroatoms. The molecule has 0 N–H and O–H groups in total. The molecule has 5 nitrogen and oxygen atoms in total. The van der Waals surface area contributed by atoms with E-state index < -0.39 is 0 Å². The van der Waals surface area contributed by atoms with Gasteiger partial charge in [0.05, 0.1) is 23.9 Å². The topological polar surface area (TPSA) is 55.8 Å². The monoisotopic (exact) mass is 373 g/mol. The van der Waals surface area contributed by atoms with Crippen molar-refractivity contribution in [2.45, 2.75) is 13.3 Å². The van der Waals surface area contributed by atoms with Crippen LogP contribution in [0.3, 0.4) is 0 Å². The van der Waals surface area contributed by atoms with Gasteiger partial charge in [-0.2, -0.15) is 0 Å². The van der Waals surface area contributed by atoms with Gasteiger partial charge in [0, 0.05) is 0 Å². The van der Waals surface area contributed by atoms with E-state index in [9.17, 15) is 9.59 Å². The van der Waals surface area contributed by atoms with E-state index >= 15 is 0 Å². The van der Waals surface area contributed by atoms with Crippen molar-refractivity contribution in [2.75, 3.05) is 12.0 Å². The molecule has 0 aliphatic carbocycles. The zero-order chi connectivity index (χ0) is 19.7. The Balaban J connectivity index is 1.70. The molecule has 1 aliphatic rings. The van der Waals surface area contributed by atoms with E-state index in [1.165, 1.54) is 4.90 Å². The average molecular weight is 373 g/mol. The number of hydrogen-bond donors (Lipinski definition) is 0. The molecule has 1 aliphatic heterocycles. The largest absolute Gasteiger partial charge is 0.493 e. The first-order valence-corrected chi connectivity index (χ1v) is 9.05. The molecular weight excluding hydrogens is 354 g/mol. The zero-order valence-electron chi connectivity index (χ0n) is 15.6. The van der Waals surface area contributed by atoms with Gasteiger partial charge < -0.3 is 9.47 Å². The summed E-state index contributed by atoms with van der Waals surface area (Å²) in [6.45, 7) is 2.00. The fourth-order valence-electron chi connectivity index (χ4n) is 3.36. The number of nitrogens with zero attached hydrogens (tertiary/aromatic N) is 1. The van der Waals surface area contributed by atoms with Gasteiger partial charge in [-0.1, -0.05) is 37.3 Å². The van der Waals surface area contributed by atoms with E-state index in [4.69, 9.17) is 9.47 Å². The molecule has 0 atom stereocenters. The van der Waals surface area contributed by atoms with Gasteiger partial charge in [0.1, 0.15) is 5.75 Å². The molecule has 0 spiro atoms. The fourth-order valence-corrected chi connectivity index (χ4v) is 3.36. The second kappa shape index (κ2) is 7.19. The number of ether oxygens (including phenoxy) is 2. The standard InChI is InChI=1S/C23H19NO4/c1-3-15-8-4-5-9-19(15)24-22(25)17-13-12-16(14-18(17)23(24)26)28-21-11-7-6-10-20(21)27-2/h4-14H,3H2,1-2H3. The van der Waals surface area contributed by atoms with Crippen molar-refractivity contribution < 1.29 is 19.1 Å². The number of rotatable bonds is 5. The molecule has 0 saturated heterocycles. The highest BCUT2D eigenvalue weighted by molar-refractivity contribution is 6.34. The molecule has 3 aromatic carbocycles. The second-order valence-corrected chi connectivity index (χ2v) is 6.39. The third-order valence-corrected chi connectivity index (χ3v) is 4.77. The van der Waals surface area contributed by atoms with Gasteiger partial charge >= 0.3 is 0 Å². The first kappa shape index (κ1) is 17.8. The molecule has 0 bridgehead atoms. The predicted molar refractivity (Wildman–Crippen MR) is 106 cm³/mol. The molecule has 0 fully saturated rings. The summed E-state index contributed by atoms with van der Waals surface area (Å²) < 4.78 is 11.2. The Hall–Kier alpha value is -3.60. The number of para-hydroxylation sites is 3. The molecule has 0 saturated carbocycles. The minimum absolute atomic E-state index is 0.315. The first-order chi connectivity index (χ1) is 13.6. The van der Waals surface area contributed by atoms with Crippen LogP contribution in [-0.4, -0.2) is 18.9 Å². The van der Waals surface area contributed by atoms with Crippen LogP contribution in [0.2, 0.25) is 0 Å².